The van der Waals surface area contributed by atoms with Gasteiger partial charge in [-0.15, -0.1) is 0 Å². The minimum Gasteiger partial charge on any atom is -0.478 e. The second kappa shape index (κ2) is 4.37. The number of rotatable bonds is 2. The molecule has 0 aliphatic heterocycles. The van der Waals surface area contributed by atoms with E-state index in [0.717, 1.165) is 5.56 Å². The maximum atomic E-state index is 13.1. The predicted octanol–water partition coefficient (Wildman–Crippen LogP) is 3.50. The Bertz CT molecular complexity index is 576. The molecule has 0 spiro atoms. The van der Waals surface area contributed by atoms with Gasteiger partial charge in [0, 0.05) is 0 Å². The van der Waals surface area contributed by atoms with Crippen LogP contribution >= 0.6 is 0 Å². The van der Waals surface area contributed by atoms with Crippen molar-refractivity contribution in [1.82, 2.24) is 0 Å². The zero-order chi connectivity index (χ0) is 12.4. The molecule has 0 unspecified atom stereocenters. The molecule has 0 saturated heterocycles. The van der Waals surface area contributed by atoms with E-state index in [9.17, 15) is 9.18 Å². The van der Waals surface area contributed by atoms with Crippen LogP contribution in [0.25, 0.3) is 11.1 Å². The van der Waals surface area contributed by atoms with Gasteiger partial charge >= 0.3 is 5.97 Å². The van der Waals surface area contributed by atoms with Gasteiger partial charge < -0.3 is 5.11 Å². The second-order valence-corrected chi connectivity index (χ2v) is 3.79. The Morgan fingerprint density at radius 3 is 2.53 bits per heavy atom. The topological polar surface area (TPSA) is 37.3 Å². The third-order valence-corrected chi connectivity index (χ3v) is 2.70. The number of carboxylic acid groups (broad SMARTS) is 1. The molecule has 17 heavy (non-hydrogen) atoms. The highest BCUT2D eigenvalue weighted by molar-refractivity contribution is 5.92. The van der Waals surface area contributed by atoms with Crippen LogP contribution in [-0.4, -0.2) is 11.1 Å². The fourth-order valence-electron chi connectivity index (χ4n) is 1.84. The van der Waals surface area contributed by atoms with Crippen molar-refractivity contribution < 1.29 is 14.3 Å². The first kappa shape index (κ1) is 11.3. The van der Waals surface area contributed by atoms with E-state index in [1.54, 1.807) is 37.3 Å². The molecule has 0 amide bonds. The summed E-state index contributed by atoms with van der Waals surface area (Å²) < 4.78 is 13.1. The van der Waals surface area contributed by atoms with Crippen LogP contribution in [0, 0.1) is 12.7 Å². The highest BCUT2D eigenvalue weighted by atomic mass is 19.1. The third kappa shape index (κ3) is 2.18. The van der Waals surface area contributed by atoms with E-state index < -0.39 is 5.97 Å². The van der Waals surface area contributed by atoms with Crippen LogP contribution in [0.15, 0.2) is 42.5 Å². The van der Waals surface area contributed by atoms with E-state index in [1.807, 2.05) is 0 Å². The van der Waals surface area contributed by atoms with Crippen molar-refractivity contribution in [3.63, 3.8) is 0 Å². The van der Waals surface area contributed by atoms with E-state index in [2.05, 4.69) is 0 Å². The molecule has 2 aromatic rings. The molecule has 0 aliphatic rings. The van der Waals surface area contributed by atoms with Crippen LogP contribution < -0.4 is 0 Å². The van der Waals surface area contributed by atoms with Crippen molar-refractivity contribution in [2.24, 2.45) is 0 Å². The minimum absolute atomic E-state index is 0.242. The molecule has 0 bridgehead atoms. The summed E-state index contributed by atoms with van der Waals surface area (Å²) in [6.45, 7) is 1.73. The van der Waals surface area contributed by atoms with E-state index in [-0.39, 0.29) is 11.4 Å². The van der Waals surface area contributed by atoms with Gasteiger partial charge in [-0.1, -0.05) is 24.3 Å². The molecule has 2 nitrogen and oxygen atoms in total. The number of aromatic carboxylic acids is 1. The van der Waals surface area contributed by atoms with E-state index in [4.69, 9.17) is 5.11 Å². The number of hydrogen-bond donors (Lipinski definition) is 1. The third-order valence-electron chi connectivity index (χ3n) is 2.70. The number of hydrogen-bond acceptors (Lipinski definition) is 1. The molecule has 0 heterocycles. The lowest BCUT2D eigenvalue weighted by atomic mass is 9.96. The number of benzene rings is 2. The second-order valence-electron chi connectivity index (χ2n) is 3.79. The van der Waals surface area contributed by atoms with Crippen molar-refractivity contribution in [3.05, 3.63) is 59.4 Å². The van der Waals surface area contributed by atoms with Crippen LogP contribution in [0.5, 0.6) is 0 Å². The molecule has 86 valence electrons. The van der Waals surface area contributed by atoms with E-state index in [1.165, 1.54) is 12.1 Å². The Kier molecular flexibility index (Phi) is 2.91. The number of halogens is 1. The summed E-state index contributed by atoms with van der Waals surface area (Å²) in [5, 5.41) is 9.02. The van der Waals surface area contributed by atoms with Gasteiger partial charge in [-0.2, -0.15) is 0 Å². The molecule has 2 rings (SSSR count). The molecule has 0 radical (unpaired) electrons. The molecule has 0 aromatic heterocycles. The lowest BCUT2D eigenvalue weighted by Gasteiger charge is -2.08. The lowest BCUT2D eigenvalue weighted by molar-refractivity contribution is 0.0696. The molecule has 0 fully saturated rings. The molecule has 3 heteroatoms. The summed E-state index contributed by atoms with van der Waals surface area (Å²) in [6.07, 6.45) is 0. The lowest BCUT2D eigenvalue weighted by Crippen LogP contribution is -2.00. The van der Waals surface area contributed by atoms with Gasteiger partial charge in [-0.3, -0.25) is 0 Å². The highest BCUT2D eigenvalue weighted by Crippen LogP contribution is 2.26. The number of carbonyl (C=O) groups is 1. The van der Waals surface area contributed by atoms with Crippen molar-refractivity contribution in [2.75, 3.05) is 0 Å². The van der Waals surface area contributed by atoms with Crippen LogP contribution in [0.1, 0.15) is 15.9 Å². The summed E-state index contributed by atoms with van der Waals surface area (Å²) in [5.41, 5.74) is 2.31. The summed E-state index contributed by atoms with van der Waals surface area (Å²) >= 11 is 0. The first-order chi connectivity index (χ1) is 8.09. The molecule has 0 atom stereocenters. The van der Waals surface area contributed by atoms with Gasteiger partial charge in [0.1, 0.15) is 5.82 Å². The maximum absolute atomic E-state index is 13.1. The molecule has 0 aliphatic carbocycles. The highest BCUT2D eigenvalue weighted by Gasteiger charge is 2.11. The molecular weight excluding hydrogens is 219 g/mol. The SMILES string of the molecule is Cc1c(C(=O)O)cccc1-c1cccc(F)c1. The van der Waals surface area contributed by atoms with Crippen molar-refractivity contribution >= 4 is 5.97 Å². The van der Waals surface area contributed by atoms with Crippen molar-refractivity contribution in [2.45, 2.75) is 6.92 Å². The Balaban J connectivity index is 2.60. The Morgan fingerprint density at radius 2 is 1.88 bits per heavy atom. The van der Waals surface area contributed by atoms with Crippen LogP contribution in [0.2, 0.25) is 0 Å². The predicted molar refractivity (Wildman–Crippen MR) is 63.5 cm³/mol. The fourth-order valence-corrected chi connectivity index (χ4v) is 1.84. The molecular formula is C14H11FO2. The largest absolute Gasteiger partial charge is 0.478 e. The fraction of sp³-hybridized carbons (Fsp3) is 0.0714. The van der Waals surface area contributed by atoms with Gasteiger partial charge in [-0.25, -0.2) is 9.18 Å². The molecule has 1 N–H and O–H groups in total. The Hall–Kier alpha value is -2.16. The van der Waals surface area contributed by atoms with Crippen molar-refractivity contribution in [1.29, 1.82) is 0 Å². The molecule has 0 saturated carbocycles. The first-order valence-corrected chi connectivity index (χ1v) is 5.18. The Labute approximate surface area is 98.3 Å². The van der Waals surface area contributed by atoms with Gasteiger partial charge in [0.25, 0.3) is 0 Å². The zero-order valence-electron chi connectivity index (χ0n) is 9.27. The van der Waals surface area contributed by atoms with Crippen molar-refractivity contribution in [3.8, 4) is 11.1 Å². The summed E-state index contributed by atoms with van der Waals surface area (Å²) in [5.74, 6) is -1.30. The van der Waals surface area contributed by atoms with E-state index in [0.29, 0.717) is 11.1 Å². The molecule has 2 aromatic carbocycles. The minimum atomic E-state index is -0.972. The smallest absolute Gasteiger partial charge is 0.335 e. The van der Waals surface area contributed by atoms with Gasteiger partial charge in [-0.05, 0) is 41.8 Å². The average Bonchev–Trinajstić information content (AvgIpc) is 2.29. The monoisotopic (exact) mass is 230 g/mol. The maximum Gasteiger partial charge on any atom is 0.335 e. The van der Waals surface area contributed by atoms with Gasteiger partial charge in [0.15, 0.2) is 0 Å². The first-order valence-electron chi connectivity index (χ1n) is 5.18. The Morgan fingerprint density at radius 1 is 1.18 bits per heavy atom. The summed E-state index contributed by atoms with van der Waals surface area (Å²) in [6, 6.07) is 11.1. The van der Waals surface area contributed by atoms with Crippen LogP contribution in [0.4, 0.5) is 4.39 Å². The summed E-state index contributed by atoms with van der Waals surface area (Å²) in [4.78, 5) is 11.0. The van der Waals surface area contributed by atoms with Gasteiger partial charge in [0.05, 0.1) is 5.56 Å². The average molecular weight is 230 g/mol. The van der Waals surface area contributed by atoms with Crippen LogP contribution in [0.3, 0.4) is 0 Å². The summed E-state index contributed by atoms with van der Waals surface area (Å²) in [7, 11) is 0. The van der Waals surface area contributed by atoms with Gasteiger partial charge in [0.2, 0.25) is 0 Å². The van der Waals surface area contributed by atoms with E-state index >= 15 is 0 Å². The zero-order valence-corrected chi connectivity index (χ0v) is 9.27. The quantitative estimate of drug-likeness (QED) is 0.857. The number of carboxylic acids is 1. The normalized spacial score (nSPS) is 10.2. The van der Waals surface area contributed by atoms with Crippen LogP contribution in [-0.2, 0) is 0 Å². The standard InChI is InChI=1S/C14H11FO2/c1-9-12(6-3-7-13(9)14(16)17)10-4-2-5-11(15)8-10/h2-8H,1H3,(H,16,17).